The van der Waals surface area contributed by atoms with Gasteiger partial charge in [-0.25, -0.2) is 19.9 Å². The summed E-state index contributed by atoms with van der Waals surface area (Å²) in [4.78, 5) is 41.9. The number of hydrogen-bond acceptors (Lipinski definition) is 4. The van der Waals surface area contributed by atoms with Gasteiger partial charge in [-0.2, -0.15) is 0 Å². The van der Waals surface area contributed by atoms with Crippen LogP contribution in [0.2, 0.25) is 0 Å². The standard InChI is InChI=1S/C108H108Br2N8/c1-101(2,3)63-39-59(40-64(49-63)102(4,5)6)91-81-35-31-77(111-81)89(57-27-25-29-71(109)47-57)78-32-36-82(112-78)93(61-43-67(105(13,14)15)51-68(44-61)106(16,17)18)87-55-75-76-56-88-94(62-45-69(107(19,20)21)52-70(46-62)108(22,23)24)84-38-34-80(114-84)90(58-28-26-30-72(110)48-58)79-33-37-83(113-79)92(60-41-65(103(7,8)9)50-66(42-60)104(10,11)12)86-54-74-73-53-85(91)115-97(73)95(99(75)117-87)96(98(74)116-86)100(76)118-88/h25-56,111,113,117-118H,1-24H3. The summed E-state index contributed by atoms with van der Waals surface area (Å²) >= 11 is 7.89. The van der Waals surface area contributed by atoms with E-state index >= 15 is 0 Å². The Kier molecular flexibility index (Phi) is 18.0. The molecule has 0 amide bonds. The van der Waals surface area contributed by atoms with Gasteiger partial charge in [-0.15, -0.1) is 0 Å². The molecule has 2 aliphatic rings. The van der Waals surface area contributed by atoms with Gasteiger partial charge in [0.1, 0.15) is 0 Å². The van der Waals surface area contributed by atoms with Crippen molar-refractivity contribution in [2.24, 2.45) is 0 Å². The van der Waals surface area contributed by atoms with E-state index in [0.29, 0.717) is 0 Å². The van der Waals surface area contributed by atoms with E-state index in [1.54, 1.807) is 0 Å². The minimum atomic E-state index is -0.203. The van der Waals surface area contributed by atoms with Crippen molar-refractivity contribution in [1.82, 2.24) is 39.9 Å². The van der Waals surface area contributed by atoms with Gasteiger partial charge in [-0.3, -0.25) is 0 Å². The second-order valence-corrected chi connectivity index (χ2v) is 43.8. The lowest BCUT2D eigenvalue weighted by Crippen LogP contribution is -2.16. The van der Waals surface area contributed by atoms with E-state index in [4.69, 9.17) is 19.9 Å². The summed E-state index contributed by atoms with van der Waals surface area (Å²) in [6.45, 7) is 56.0. The zero-order valence-electron chi connectivity index (χ0n) is 73.0. The number of benzene rings is 8. The molecule has 16 aromatic rings. The number of H-pyrrole nitrogens is 4. The van der Waals surface area contributed by atoms with E-state index < -0.39 is 0 Å². The predicted octanol–water partition coefficient (Wildman–Crippen LogP) is 31.5. The van der Waals surface area contributed by atoms with E-state index in [-0.39, 0.29) is 43.3 Å². The molecule has 10 heterocycles. The summed E-state index contributed by atoms with van der Waals surface area (Å²) in [7, 11) is 0. The number of halogens is 2. The van der Waals surface area contributed by atoms with Gasteiger partial charge in [0.15, 0.2) is 0 Å². The lowest BCUT2D eigenvalue weighted by Gasteiger charge is -2.26. The first-order valence-electron chi connectivity index (χ1n) is 41.9. The van der Waals surface area contributed by atoms with Crippen LogP contribution in [0.1, 0.15) is 233 Å². The Labute approximate surface area is 711 Å². The van der Waals surface area contributed by atoms with Gasteiger partial charge < -0.3 is 19.9 Å². The van der Waals surface area contributed by atoms with Crippen LogP contribution < -0.4 is 0 Å². The highest BCUT2D eigenvalue weighted by Crippen LogP contribution is 2.52. The molecule has 2 aliphatic heterocycles. The minimum absolute atomic E-state index is 0.203. The fraction of sp³-hybridized carbons (Fsp3) is 0.296. The molecule has 16 bridgehead atoms. The largest absolute Gasteiger partial charge is 0.354 e. The van der Waals surface area contributed by atoms with Crippen molar-refractivity contribution in [3.63, 3.8) is 0 Å². The lowest BCUT2D eigenvalue weighted by atomic mass is 9.78. The molecule has 0 saturated heterocycles. The number of nitrogens with zero attached hydrogens (tertiary/aromatic N) is 4. The van der Waals surface area contributed by atoms with Gasteiger partial charge in [0.25, 0.3) is 0 Å². The average Bonchev–Trinajstić information content (AvgIpc) is 1.52. The van der Waals surface area contributed by atoms with Crippen LogP contribution in [0.3, 0.4) is 0 Å². The lowest BCUT2D eigenvalue weighted by molar-refractivity contribution is 0.568. The maximum Gasteiger partial charge on any atom is 0.0818 e. The molecular weight excluding hydrogens is 1570 g/mol. The van der Waals surface area contributed by atoms with Crippen molar-refractivity contribution >= 4 is 155 Å². The highest BCUT2D eigenvalue weighted by Gasteiger charge is 2.33. The van der Waals surface area contributed by atoms with Crippen LogP contribution in [0.15, 0.2) is 179 Å². The first kappa shape index (κ1) is 78.6. The van der Waals surface area contributed by atoms with E-state index in [1.165, 1.54) is 44.5 Å². The second-order valence-electron chi connectivity index (χ2n) is 42.0. The van der Waals surface area contributed by atoms with Crippen LogP contribution >= 0.6 is 31.9 Å². The normalized spacial score (nSPS) is 13.6. The van der Waals surface area contributed by atoms with Crippen molar-refractivity contribution in [3.8, 4) is 66.8 Å². The third-order valence-corrected chi connectivity index (χ3v) is 25.8. The molecule has 8 nitrogen and oxygen atoms in total. The average molecular weight is 1680 g/mol. The molecule has 594 valence electrons. The summed E-state index contributed by atoms with van der Waals surface area (Å²) in [5, 5.41) is 6.02. The topological polar surface area (TPSA) is 115 Å². The molecular formula is C108H108Br2N8. The Morgan fingerprint density at radius 2 is 0.483 bits per heavy atom. The highest BCUT2D eigenvalue weighted by molar-refractivity contribution is 9.10. The molecule has 0 fully saturated rings. The maximum absolute atomic E-state index is 6.36. The highest BCUT2D eigenvalue weighted by atomic mass is 79.9. The summed E-state index contributed by atoms with van der Waals surface area (Å²) in [5.41, 5.74) is 35.0. The summed E-state index contributed by atoms with van der Waals surface area (Å²) < 4.78 is 1.95. The third-order valence-electron chi connectivity index (χ3n) is 24.8. The van der Waals surface area contributed by atoms with Crippen molar-refractivity contribution in [1.29, 1.82) is 0 Å². The quantitative estimate of drug-likeness (QED) is 0.133. The van der Waals surface area contributed by atoms with Crippen molar-refractivity contribution < 1.29 is 0 Å². The maximum atomic E-state index is 6.36. The fourth-order valence-corrected chi connectivity index (χ4v) is 18.5. The summed E-state index contributed by atoms with van der Waals surface area (Å²) in [6.07, 6.45) is 8.96. The predicted molar refractivity (Wildman–Crippen MR) is 514 cm³/mol. The van der Waals surface area contributed by atoms with Crippen LogP contribution in [-0.4, -0.2) is 39.9 Å². The zero-order chi connectivity index (χ0) is 83.7. The Bertz CT molecular complexity index is 6640. The SMILES string of the molecule is CC(C)(C)c1cc(-c2c3nc(c(-c4cccc(Br)c4)c4ccc([nH]4)c(-c4cc(C(C)(C)C)cc(C(C)(C)C)c4)c4cc5c6cc7nc6c6c8[nH]c(cc8c8cc2[nH]c8c6c5n4)c(-c2cc(C(C)(C)C)cc(C(C)(C)C)c2)c2nc(c(-c4cccc(Br)c4)c4ccc([nH]4)c7-c4cc(C(C)(C)C)cc(C(C)(C)C)c4)C=C2)C=C3)cc(C(C)(C)C)c1. The number of nitrogens with one attached hydrogen (secondary N) is 4. The van der Waals surface area contributed by atoms with Gasteiger partial charge in [0, 0.05) is 108 Å². The zero-order valence-corrected chi connectivity index (χ0v) is 76.2. The van der Waals surface area contributed by atoms with Gasteiger partial charge in [-0.05, 0) is 218 Å². The third kappa shape index (κ3) is 13.7. The van der Waals surface area contributed by atoms with E-state index in [0.717, 1.165) is 197 Å². The monoisotopic (exact) mass is 1670 g/mol. The number of rotatable bonds is 6. The molecule has 0 atom stereocenters. The first-order valence-corrected chi connectivity index (χ1v) is 43.5. The van der Waals surface area contributed by atoms with Gasteiger partial charge in [-0.1, -0.05) is 295 Å². The number of aromatic amines is 4. The van der Waals surface area contributed by atoms with Gasteiger partial charge in [0.05, 0.1) is 55.9 Å². The minimum Gasteiger partial charge on any atom is -0.354 e. The molecule has 0 saturated carbocycles. The number of fused-ring (bicyclic) bond motifs is 14. The molecule has 0 spiro atoms. The molecule has 8 aromatic heterocycles. The molecule has 4 N–H and O–H groups in total. The summed E-state index contributed by atoms with van der Waals surface area (Å²) in [5.74, 6) is 0. The Morgan fingerprint density at radius 1 is 0.229 bits per heavy atom. The molecule has 0 aliphatic carbocycles. The number of hydrogen-bond donors (Lipinski definition) is 4. The van der Waals surface area contributed by atoms with Crippen molar-refractivity contribution in [2.75, 3.05) is 0 Å². The first-order chi connectivity index (χ1) is 55.3. The van der Waals surface area contributed by atoms with Crippen molar-refractivity contribution in [3.05, 3.63) is 246 Å². The molecule has 10 heteroatoms. The molecule has 0 radical (unpaired) electrons. The second kappa shape index (κ2) is 27.0. The number of aromatic nitrogens is 8. The smallest absolute Gasteiger partial charge is 0.0818 e. The Balaban J connectivity index is 1.15. The van der Waals surface area contributed by atoms with E-state index in [9.17, 15) is 0 Å². The Morgan fingerprint density at radius 3 is 0.746 bits per heavy atom. The van der Waals surface area contributed by atoms with Crippen LogP contribution in [0, 0.1) is 0 Å². The van der Waals surface area contributed by atoms with E-state index in [1.807, 2.05) is 0 Å². The van der Waals surface area contributed by atoms with Gasteiger partial charge in [0.2, 0.25) is 0 Å². The molecule has 118 heavy (non-hydrogen) atoms. The van der Waals surface area contributed by atoms with Gasteiger partial charge >= 0.3 is 0 Å². The van der Waals surface area contributed by atoms with E-state index in [2.05, 4.69) is 412 Å². The molecule has 0 unspecified atom stereocenters. The fourth-order valence-electron chi connectivity index (χ4n) is 17.7. The van der Waals surface area contributed by atoms with Crippen LogP contribution in [0.25, 0.3) is 190 Å². The van der Waals surface area contributed by atoms with Crippen LogP contribution in [0.5, 0.6) is 0 Å². The summed E-state index contributed by atoms with van der Waals surface area (Å²) in [6, 6.07) is 65.2. The van der Waals surface area contributed by atoms with Crippen molar-refractivity contribution in [2.45, 2.75) is 209 Å². The van der Waals surface area contributed by atoms with Crippen LogP contribution in [0.4, 0.5) is 0 Å². The molecule has 8 aromatic carbocycles. The van der Waals surface area contributed by atoms with Crippen LogP contribution in [-0.2, 0) is 43.3 Å². The Hall–Kier alpha value is -10.5. The molecule has 18 rings (SSSR count).